The molecule has 2 N–H and O–H groups in total. The fraction of sp³-hybridized carbons (Fsp3) is 0.333. The molecule has 2 aliphatic rings. The van der Waals surface area contributed by atoms with Crippen LogP contribution in [-0.2, 0) is 6.42 Å². The number of H-pyrrole nitrogens is 1. The van der Waals surface area contributed by atoms with Gasteiger partial charge in [0.25, 0.3) is 5.91 Å². The number of benzene rings is 1. The summed E-state index contributed by atoms with van der Waals surface area (Å²) in [5.74, 6) is 1.16. The molecule has 0 spiro atoms. The van der Waals surface area contributed by atoms with Crippen LogP contribution in [0.5, 0.6) is 0 Å². The van der Waals surface area contributed by atoms with Crippen molar-refractivity contribution in [3.63, 3.8) is 0 Å². The third-order valence-corrected chi connectivity index (χ3v) is 5.37. The van der Waals surface area contributed by atoms with Gasteiger partial charge in [0.1, 0.15) is 5.69 Å². The molecule has 1 aromatic carbocycles. The van der Waals surface area contributed by atoms with E-state index in [1.807, 2.05) is 42.6 Å². The second-order valence-corrected chi connectivity index (χ2v) is 7.36. The molecule has 2 heterocycles. The normalized spacial score (nSPS) is 18.7. The molecule has 1 fully saturated rings. The van der Waals surface area contributed by atoms with Crippen molar-refractivity contribution in [1.82, 2.24) is 25.5 Å². The maximum Gasteiger partial charge on any atom is 0.272 e. The number of aromatic nitrogens is 4. The van der Waals surface area contributed by atoms with Gasteiger partial charge < -0.3 is 5.32 Å². The zero-order valence-electron chi connectivity index (χ0n) is 15.0. The lowest BCUT2D eigenvalue weighted by atomic mass is 9.92. The molecule has 0 aliphatic heterocycles. The van der Waals surface area contributed by atoms with Gasteiger partial charge in [-0.15, -0.1) is 0 Å². The molecule has 0 bridgehead atoms. The van der Waals surface area contributed by atoms with Crippen LogP contribution in [0.15, 0.2) is 42.6 Å². The summed E-state index contributed by atoms with van der Waals surface area (Å²) in [7, 11) is 0. The molecule has 2 aromatic heterocycles. The molecule has 0 unspecified atom stereocenters. The Balaban J connectivity index is 1.36. The Labute approximate surface area is 157 Å². The fourth-order valence-corrected chi connectivity index (χ4v) is 3.71. The van der Waals surface area contributed by atoms with Crippen LogP contribution in [0.1, 0.15) is 65.1 Å². The highest BCUT2D eigenvalue weighted by Gasteiger charge is 2.28. The number of hydrogen-bond acceptors (Lipinski definition) is 4. The highest BCUT2D eigenvalue weighted by Crippen LogP contribution is 2.39. The van der Waals surface area contributed by atoms with Crippen molar-refractivity contribution in [3.05, 3.63) is 65.2 Å². The minimum Gasteiger partial charge on any atom is -0.344 e. The van der Waals surface area contributed by atoms with Crippen molar-refractivity contribution < 1.29 is 4.79 Å². The van der Waals surface area contributed by atoms with Crippen molar-refractivity contribution in [2.75, 3.05) is 0 Å². The van der Waals surface area contributed by atoms with Crippen LogP contribution in [0.25, 0.3) is 11.4 Å². The predicted molar refractivity (Wildman–Crippen MR) is 101 cm³/mol. The van der Waals surface area contributed by atoms with Gasteiger partial charge in [-0.2, -0.15) is 5.10 Å². The lowest BCUT2D eigenvalue weighted by molar-refractivity contribution is 0.0927. The van der Waals surface area contributed by atoms with Gasteiger partial charge in [0.2, 0.25) is 0 Å². The van der Waals surface area contributed by atoms with E-state index in [0.717, 1.165) is 47.6 Å². The number of rotatable bonds is 4. The minimum absolute atomic E-state index is 0.0628. The Bertz CT molecular complexity index is 977. The Morgan fingerprint density at radius 1 is 1.15 bits per heavy atom. The number of fused-ring (bicyclic) bond motifs is 1. The third-order valence-electron chi connectivity index (χ3n) is 5.37. The number of amides is 1. The summed E-state index contributed by atoms with van der Waals surface area (Å²) >= 11 is 0. The minimum atomic E-state index is -0.136. The standard InChI is InChI=1S/C21H21N5O/c27-21(19-11-18(25-26-19)13-9-10-13)24-17-8-4-7-16-15(17)12-22-20(23-16)14-5-2-1-3-6-14/h1-3,5-6,11-13,17H,4,7-10H2,(H,24,27)(H,25,26)/t17-/m0/s1. The van der Waals surface area contributed by atoms with E-state index < -0.39 is 0 Å². The van der Waals surface area contributed by atoms with Crippen LogP contribution in [0.3, 0.4) is 0 Å². The molecule has 1 amide bonds. The molecule has 136 valence electrons. The Morgan fingerprint density at radius 3 is 2.81 bits per heavy atom. The highest BCUT2D eigenvalue weighted by molar-refractivity contribution is 5.92. The molecular weight excluding hydrogens is 338 g/mol. The molecule has 3 aromatic rings. The second kappa shape index (κ2) is 6.61. The van der Waals surface area contributed by atoms with Crippen LogP contribution in [0.2, 0.25) is 0 Å². The smallest absolute Gasteiger partial charge is 0.272 e. The first-order valence-electron chi connectivity index (χ1n) is 9.55. The maximum atomic E-state index is 12.6. The molecule has 1 atom stereocenters. The van der Waals surface area contributed by atoms with Crippen molar-refractivity contribution in [3.8, 4) is 11.4 Å². The van der Waals surface area contributed by atoms with Crippen LogP contribution in [0, 0.1) is 0 Å². The number of nitrogens with zero attached hydrogens (tertiary/aromatic N) is 3. The van der Waals surface area contributed by atoms with E-state index in [0.29, 0.717) is 11.6 Å². The van der Waals surface area contributed by atoms with Crippen molar-refractivity contribution in [2.24, 2.45) is 0 Å². The van der Waals surface area contributed by atoms with Crippen molar-refractivity contribution in [1.29, 1.82) is 0 Å². The van der Waals surface area contributed by atoms with Crippen molar-refractivity contribution >= 4 is 5.91 Å². The van der Waals surface area contributed by atoms with E-state index in [1.54, 1.807) is 0 Å². The van der Waals surface area contributed by atoms with Gasteiger partial charge >= 0.3 is 0 Å². The third kappa shape index (κ3) is 3.23. The van der Waals surface area contributed by atoms with Gasteiger partial charge in [-0.1, -0.05) is 30.3 Å². The summed E-state index contributed by atoms with van der Waals surface area (Å²) in [6.07, 6.45) is 7.04. The summed E-state index contributed by atoms with van der Waals surface area (Å²) < 4.78 is 0. The zero-order chi connectivity index (χ0) is 18.2. The van der Waals surface area contributed by atoms with E-state index in [1.165, 1.54) is 12.8 Å². The largest absolute Gasteiger partial charge is 0.344 e. The average Bonchev–Trinajstić information content (AvgIpc) is 3.45. The summed E-state index contributed by atoms with van der Waals surface area (Å²) in [5, 5.41) is 10.3. The van der Waals surface area contributed by atoms with Gasteiger partial charge in [-0.3, -0.25) is 9.89 Å². The van der Waals surface area contributed by atoms with E-state index in [9.17, 15) is 4.79 Å². The molecule has 0 saturated heterocycles. The van der Waals surface area contributed by atoms with E-state index >= 15 is 0 Å². The molecule has 27 heavy (non-hydrogen) atoms. The van der Waals surface area contributed by atoms with Crippen LogP contribution in [0.4, 0.5) is 0 Å². The molecule has 2 aliphatic carbocycles. The highest BCUT2D eigenvalue weighted by atomic mass is 16.2. The van der Waals surface area contributed by atoms with Gasteiger partial charge in [0.05, 0.1) is 6.04 Å². The van der Waals surface area contributed by atoms with Crippen LogP contribution >= 0.6 is 0 Å². The number of aromatic amines is 1. The molecule has 1 saturated carbocycles. The van der Waals surface area contributed by atoms with Gasteiger partial charge in [0, 0.05) is 34.6 Å². The summed E-state index contributed by atoms with van der Waals surface area (Å²) in [5.41, 5.74) is 4.59. The summed E-state index contributed by atoms with van der Waals surface area (Å²) in [4.78, 5) is 21.9. The number of hydrogen-bond donors (Lipinski definition) is 2. The summed E-state index contributed by atoms with van der Waals surface area (Å²) in [6.45, 7) is 0. The van der Waals surface area contributed by atoms with Gasteiger partial charge in [0.15, 0.2) is 5.82 Å². The molecular formula is C21H21N5O. The summed E-state index contributed by atoms with van der Waals surface area (Å²) in [6, 6.07) is 11.8. The Kier molecular flexibility index (Phi) is 3.96. The lowest BCUT2D eigenvalue weighted by Crippen LogP contribution is -2.31. The number of carbonyl (C=O) groups excluding carboxylic acids is 1. The zero-order valence-corrected chi connectivity index (χ0v) is 15.0. The quantitative estimate of drug-likeness (QED) is 0.746. The number of nitrogens with one attached hydrogen (secondary N) is 2. The molecule has 6 nitrogen and oxygen atoms in total. The Hall–Kier alpha value is -3.02. The molecule has 0 radical (unpaired) electrons. The first-order valence-corrected chi connectivity index (χ1v) is 9.55. The first kappa shape index (κ1) is 16.2. The Morgan fingerprint density at radius 2 is 2.00 bits per heavy atom. The number of carbonyl (C=O) groups is 1. The second-order valence-electron chi connectivity index (χ2n) is 7.36. The van der Waals surface area contributed by atoms with E-state index in [-0.39, 0.29) is 11.9 Å². The molecule has 5 rings (SSSR count). The monoisotopic (exact) mass is 359 g/mol. The van der Waals surface area contributed by atoms with Crippen LogP contribution < -0.4 is 5.32 Å². The van der Waals surface area contributed by atoms with Crippen molar-refractivity contribution in [2.45, 2.75) is 44.1 Å². The fourth-order valence-electron chi connectivity index (χ4n) is 3.71. The van der Waals surface area contributed by atoms with Gasteiger partial charge in [-0.05, 0) is 38.2 Å². The van der Waals surface area contributed by atoms with E-state index in [2.05, 4.69) is 20.5 Å². The van der Waals surface area contributed by atoms with E-state index in [4.69, 9.17) is 4.98 Å². The van der Waals surface area contributed by atoms with Crippen LogP contribution in [-0.4, -0.2) is 26.1 Å². The lowest BCUT2D eigenvalue weighted by Gasteiger charge is -2.25. The SMILES string of the molecule is O=C(N[C@H]1CCCc2nc(-c3ccccc3)ncc21)c1cc(C2CC2)[nH]n1. The maximum absolute atomic E-state index is 12.6. The number of aryl methyl sites for hydroxylation is 1. The average molecular weight is 359 g/mol. The predicted octanol–water partition coefficient (Wildman–Crippen LogP) is 3.55. The topological polar surface area (TPSA) is 83.6 Å². The molecule has 6 heteroatoms. The van der Waals surface area contributed by atoms with Gasteiger partial charge in [-0.25, -0.2) is 9.97 Å². The first-order chi connectivity index (χ1) is 13.3.